The number of halogens is 2. The van der Waals surface area contributed by atoms with Crippen LogP contribution < -0.4 is 15.2 Å². The van der Waals surface area contributed by atoms with E-state index in [-0.39, 0.29) is 36.1 Å². The van der Waals surface area contributed by atoms with Crippen molar-refractivity contribution in [2.24, 2.45) is 11.1 Å². The number of rotatable bonds is 5. The molecular formula is C18H25Cl2N3O3S. The minimum Gasteiger partial charge on any atom is -0.486 e. The van der Waals surface area contributed by atoms with E-state index in [1.54, 1.807) is 17.3 Å². The van der Waals surface area contributed by atoms with E-state index in [9.17, 15) is 4.79 Å². The summed E-state index contributed by atoms with van der Waals surface area (Å²) in [5.41, 5.74) is 6.99. The van der Waals surface area contributed by atoms with Gasteiger partial charge in [0.1, 0.15) is 23.9 Å². The maximum absolute atomic E-state index is 12.6. The van der Waals surface area contributed by atoms with Crippen LogP contribution in [0, 0.1) is 5.41 Å². The second-order valence-corrected chi connectivity index (χ2v) is 7.78. The smallest absolute Gasteiger partial charge is 0.273 e. The van der Waals surface area contributed by atoms with Crippen molar-refractivity contribution < 1.29 is 14.3 Å². The summed E-state index contributed by atoms with van der Waals surface area (Å²) in [4.78, 5) is 18.8. The van der Waals surface area contributed by atoms with Gasteiger partial charge in [-0.2, -0.15) is 0 Å². The molecule has 0 radical (unpaired) electrons. The number of nitrogens with zero attached hydrogens (tertiary/aromatic N) is 2. The molecule has 1 aliphatic heterocycles. The number of nitrogens with two attached hydrogens (primary N) is 1. The third kappa shape index (κ3) is 5.48. The third-order valence-corrected chi connectivity index (χ3v) is 4.97. The first-order chi connectivity index (χ1) is 11.9. The summed E-state index contributed by atoms with van der Waals surface area (Å²) in [7, 11) is 1.78. The fraction of sp³-hybridized carbons (Fsp3) is 0.444. The van der Waals surface area contributed by atoms with Crippen LogP contribution in [0.5, 0.6) is 11.5 Å². The van der Waals surface area contributed by atoms with E-state index in [2.05, 4.69) is 4.98 Å². The lowest BCUT2D eigenvalue weighted by Gasteiger charge is -2.28. The Kier molecular flexibility index (Phi) is 8.35. The molecule has 9 heteroatoms. The molecule has 0 saturated carbocycles. The van der Waals surface area contributed by atoms with Gasteiger partial charge in [-0.15, -0.1) is 36.2 Å². The zero-order valence-electron chi connectivity index (χ0n) is 15.6. The van der Waals surface area contributed by atoms with Crippen LogP contribution in [0.1, 0.15) is 24.3 Å². The van der Waals surface area contributed by atoms with Crippen molar-refractivity contribution >= 4 is 42.1 Å². The fourth-order valence-electron chi connectivity index (χ4n) is 2.65. The summed E-state index contributed by atoms with van der Waals surface area (Å²) in [6.07, 6.45) is 0. The average Bonchev–Trinajstić information content (AvgIpc) is 3.10. The van der Waals surface area contributed by atoms with E-state index in [0.29, 0.717) is 37.7 Å². The van der Waals surface area contributed by atoms with Crippen LogP contribution in [0.3, 0.4) is 0 Å². The first-order valence-electron chi connectivity index (χ1n) is 8.21. The summed E-state index contributed by atoms with van der Waals surface area (Å²) < 4.78 is 11.1. The highest BCUT2D eigenvalue weighted by Gasteiger charge is 2.23. The van der Waals surface area contributed by atoms with Crippen LogP contribution in [0.15, 0.2) is 23.6 Å². The molecule has 2 aromatic rings. The van der Waals surface area contributed by atoms with E-state index in [1.807, 2.05) is 32.0 Å². The Morgan fingerprint density at radius 3 is 2.59 bits per heavy atom. The molecule has 0 spiro atoms. The van der Waals surface area contributed by atoms with Crippen molar-refractivity contribution in [3.63, 3.8) is 0 Å². The highest BCUT2D eigenvalue weighted by Crippen LogP contribution is 2.35. The number of hydrogen-bond donors (Lipinski definition) is 1. The van der Waals surface area contributed by atoms with Gasteiger partial charge >= 0.3 is 0 Å². The zero-order valence-corrected chi connectivity index (χ0v) is 18.0. The molecule has 3 rings (SSSR count). The molecule has 0 aliphatic carbocycles. The fourth-order valence-corrected chi connectivity index (χ4v) is 3.45. The number of carbonyl (C=O) groups is 1. The molecule has 1 aromatic carbocycles. The molecule has 0 unspecified atom stereocenters. The summed E-state index contributed by atoms with van der Waals surface area (Å²) in [5.74, 6) is 1.36. The number of hydrogen-bond acceptors (Lipinski definition) is 6. The van der Waals surface area contributed by atoms with Crippen molar-refractivity contribution in [3.8, 4) is 22.1 Å². The first kappa shape index (κ1) is 23.5. The molecule has 6 nitrogen and oxygen atoms in total. The van der Waals surface area contributed by atoms with Crippen LogP contribution in [-0.4, -0.2) is 49.1 Å². The Labute approximate surface area is 175 Å². The molecule has 0 fully saturated rings. The molecule has 2 heterocycles. The second-order valence-electron chi connectivity index (χ2n) is 6.93. The van der Waals surface area contributed by atoms with Crippen molar-refractivity contribution in [1.29, 1.82) is 0 Å². The van der Waals surface area contributed by atoms with E-state index >= 15 is 0 Å². The number of amides is 1. The quantitative estimate of drug-likeness (QED) is 0.780. The molecule has 0 atom stereocenters. The third-order valence-electron chi connectivity index (χ3n) is 4.08. The van der Waals surface area contributed by atoms with Gasteiger partial charge in [0.05, 0.1) is 0 Å². The Morgan fingerprint density at radius 2 is 1.93 bits per heavy atom. The number of carbonyl (C=O) groups excluding carboxylic acids is 1. The highest BCUT2D eigenvalue weighted by atomic mass is 35.5. The van der Waals surface area contributed by atoms with Gasteiger partial charge in [-0.3, -0.25) is 4.79 Å². The van der Waals surface area contributed by atoms with Gasteiger partial charge in [0, 0.05) is 24.5 Å². The maximum Gasteiger partial charge on any atom is 0.273 e. The van der Waals surface area contributed by atoms with Crippen molar-refractivity contribution in [2.45, 2.75) is 13.8 Å². The Bertz CT molecular complexity index is 783. The molecular weight excluding hydrogens is 409 g/mol. The number of thiazole rings is 1. The lowest BCUT2D eigenvalue weighted by molar-refractivity contribution is 0.0735. The van der Waals surface area contributed by atoms with E-state index in [1.165, 1.54) is 11.3 Å². The Hall–Kier alpha value is -1.54. The van der Waals surface area contributed by atoms with Crippen LogP contribution in [0.4, 0.5) is 0 Å². The Balaban J connectivity index is 0.00000182. The number of fused-ring (bicyclic) bond motifs is 1. The molecule has 27 heavy (non-hydrogen) atoms. The molecule has 1 aliphatic rings. The summed E-state index contributed by atoms with van der Waals surface area (Å²) in [6.45, 7) is 6.29. The number of aromatic nitrogens is 1. The normalized spacial score (nSPS) is 12.6. The van der Waals surface area contributed by atoms with Crippen molar-refractivity contribution in [2.75, 3.05) is 33.4 Å². The molecule has 0 bridgehead atoms. The van der Waals surface area contributed by atoms with Crippen LogP contribution >= 0.6 is 36.2 Å². The largest absolute Gasteiger partial charge is 0.486 e. The molecule has 0 saturated heterocycles. The lowest BCUT2D eigenvalue weighted by Crippen LogP contribution is -2.39. The number of benzene rings is 1. The molecule has 1 amide bonds. The average molecular weight is 434 g/mol. The predicted molar refractivity (Wildman–Crippen MR) is 113 cm³/mol. The zero-order chi connectivity index (χ0) is 18.0. The van der Waals surface area contributed by atoms with Gasteiger partial charge < -0.3 is 20.1 Å². The molecule has 2 N–H and O–H groups in total. The minimum atomic E-state index is -0.126. The van der Waals surface area contributed by atoms with Gasteiger partial charge in [0.25, 0.3) is 5.91 Å². The lowest BCUT2D eigenvalue weighted by atomic mass is 9.93. The van der Waals surface area contributed by atoms with Gasteiger partial charge in [-0.25, -0.2) is 4.98 Å². The van der Waals surface area contributed by atoms with Crippen molar-refractivity contribution in [3.05, 3.63) is 29.3 Å². The standard InChI is InChI=1S/C18H23N3O3S.2ClH/c1-18(2,10-19)11-21(3)17(22)13-9-25-16(20-13)12-4-5-14-15(8-12)24-7-6-23-14;;/h4-5,8-9H,6-7,10-11,19H2,1-3H3;2*1H. The van der Waals surface area contributed by atoms with Gasteiger partial charge in [-0.1, -0.05) is 13.8 Å². The van der Waals surface area contributed by atoms with E-state index in [0.717, 1.165) is 16.3 Å². The highest BCUT2D eigenvalue weighted by molar-refractivity contribution is 7.13. The van der Waals surface area contributed by atoms with Gasteiger partial charge in [0.15, 0.2) is 11.5 Å². The Morgan fingerprint density at radius 1 is 1.26 bits per heavy atom. The predicted octanol–water partition coefficient (Wildman–Crippen LogP) is 3.48. The molecule has 1 aromatic heterocycles. The van der Waals surface area contributed by atoms with Crippen LogP contribution in [-0.2, 0) is 0 Å². The first-order valence-corrected chi connectivity index (χ1v) is 9.09. The maximum atomic E-state index is 12.6. The second kappa shape index (κ2) is 9.59. The van der Waals surface area contributed by atoms with Gasteiger partial charge in [-0.05, 0) is 30.2 Å². The van der Waals surface area contributed by atoms with Gasteiger partial charge in [0.2, 0.25) is 0 Å². The van der Waals surface area contributed by atoms with Crippen LogP contribution in [0.2, 0.25) is 0 Å². The van der Waals surface area contributed by atoms with Crippen LogP contribution in [0.25, 0.3) is 10.6 Å². The monoisotopic (exact) mass is 433 g/mol. The van der Waals surface area contributed by atoms with Crippen molar-refractivity contribution in [1.82, 2.24) is 9.88 Å². The topological polar surface area (TPSA) is 77.7 Å². The minimum absolute atomic E-state index is 0. The van der Waals surface area contributed by atoms with E-state index < -0.39 is 0 Å². The summed E-state index contributed by atoms with van der Waals surface area (Å²) in [6, 6.07) is 5.72. The van der Waals surface area contributed by atoms with E-state index in [4.69, 9.17) is 15.2 Å². The summed E-state index contributed by atoms with van der Waals surface area (Å²) >= 11 is 1.44. The number of ether oxygens (including phenoxy) is 2. The molecule has 150 valence electrons. The SMILES string of the molecule is CN(CC(C)(C)CN)C(=O)c1csc(-c2ccc3c(c2)OCCO3)n1.Cl.Cl. The summed E-state index contributed by atoms with van der Waals surface area (Å²) in [5, 5.41) is 2.58.